The number of nitrogens with one attached hydrogen (secondary N) is 1. The third-order valence-electron chi connectivity index (χ3n) is 2.33. The van der Waals surface area contributed by atoms with Crippen molar-refractivity contribution in [3.8, 4) is 5.75 Å². The average Bonchev–Trinajstić information content (AvgIpc) is 2.85. The van der Waals surface area contributed by atoms with Crippen LogP contribution >= 0.6 is 22.9 Å². The first-order chi connectivity index (χ1) is 10.7. The number of hydrogen-bond acceptors (Lipinski definition) is 6. The molecule has 2 rings (SSSR count). The van der Waals surface area contributed by atoms with Crippen LogP contribution in [0.5, 0.6) is 5.75 Å². The molecule has 6 nitrogen and oxygen atoms in total. The van der Waals surface area contributed by atoms with Crippen LogP contribution in [0.25, 0.3) is 0 Å². The summed E-state index contributed by atoms with van der Waals surface area (Å²) in [6.45, 7) is 5.41. The van der Waals surface area contributed by atoms with E-state index in [1.165, 1.54) is 18.2 Å². The third kappa shape index (κ3) is 5.65. The van der Waals surface area contributed by atoms with Crippen molar-refractivity contribution in [2.45, 2.75) is 33.0 Å². The summed E-state index contributed by atoms with van der Waals surface area (Å²) < 4.78 is 23.6. The molecule has 0 aliphatic carbocycles. The molecule has 0 bridgehead atoms. The number of rotatable bonds is 4. The van der Waals surface area contributed by atoms with Gasteiger partial charge in [0.05, 0.1) is 5.02 Å². The Labute approximate surface area is 141 Å². The van der Waals surface area contributed by atoms with Gasteiger partial charge in [-0.25, -0.2) is 9.18 Å². The maximum absolute atomic E-state index is 13.0. The van der Waals surface area contributed by atoms with E-state index in [0.717, 1.165) is 11.3 Å². The molecular formula is C14H15ClFN3O3S. The van der Waals surface area contributed by atoms with Crippen molar-refractivity contribution >= 4 is 34.2 Å². The second-order valence-electron chi connectivity index (χ2n) is 5.49. The van der Waals surface area contributed by atoms with Crippen LogP contribution in [0.3, 0.4) is 0 Å². The van der Waals surface area contributed by atoms with Gasteiger partial charge < -0.3 is 9.47 Å². The summed E-state index contributed by atoms with van der Waals surface area (Å²) in [4.78, 5) is 11.6. The van der Waals surface area contributed by atoms with Crippen molar-refractivity contribution in [3.05, 3.63) is 34.0 Å². The Bertz CT molecular complexity index is 703. The molecule has 9 heteroatoms. The molecule has 0 aliphatic heterocycles. The van der Waals surface area contributed by atoms with Gasteiger partial charge in [-0.05, 0) is 32.9 Å². The molecule has 1 aromatic carbocycles. The second-order valence-corrected chi connectivity index (χ2v) is 6.96. The molecule has 2 aromatic rings. The van der Waals surface area contributed by atoms with Crippen molar-refractivity contribution in [1.29, 1.82) is 0 Å². The number of aromatic nitrogens is 2. The number of hydrogen-bond donors (Lipinski definition) is 1. The van der Waals surface area contributed by atoms with E-state index in [4.69, 9.17) is 21.1 Å². The predicted molar refractivity (Wildman–Crippen MR) is 85.5 cm³/mol. The Kier molecular flexibility index (Phi) is 5.38. The average molecular weight is 360 g/mol. The molecule has 0 radical (unpaired) electrons. The number of nitrogens with zero attached hydrogens (tertiary/aromatic N) is 2. The smallest absolute Gasteiger partial charge is 0.414 e. The third-order valence-corrected chi connectivity index (χ3v) is 3.43. The molecule has 0 aliphatic rings. The summed E-state index contributed by atoms with van der Waals surface area (Å²) in [5.41, 5.74) is -0.595. The lowest BCUT2D eigenvalue weighted by molar-refractivity contribution is 0.0636. The predicted octanol–water partition coefficient (Wildman–Crippen LogP) is 4.26. The monoisotopic (exact) mass is 359 g/mol. The number of anilines is 1. The van der Waals surface area contributed by atoms with E-state index in [1.54, 1.807) is 20.8 Å². The normalized spacial score (nSPS) is 11.2. The summed E-state index contributed by atoms with van der Waals surface area (Å²) in [5.74, 6) is -0.105. The van der Waals surface area contributed by atoms with Gasteiger partial charge in [0.25, 0.3) is 0 Å². The number of carbonyl (C=O) groups excluding carboxylic acids is 1. The molecule has 124 valence electrons. The lowest BCUT2D eigenvalue weighted by atomic mass is 10.2. The Morgan fingerprint density at radius 1 is 1.39 bits per heavy atom. The van der Waals surface area contributed by atoms with Crippen LogP contribution in [-0.2, 0) is 11.3 Å². The SMILES string of the molecule is CC(C)(C)OC(=O)Nc1nnc(COc2ccc(F)c(Cl)c2)s1. The van der Waals surface area contributed by atoms with Gasteiger partial charge in [0.1, 0.15) is 23.8 Å². The minimum Gasteiger partial charge on any atom is -0.486 e. The van der Waals surface area contributed by atoms with Gasteiger partial charge >= 0.3 is 6.09 Å². The summed E-state index contributed by atoms with van der Waals surface area (Å²) >= 11 is 6.82. The Hall–Kier alpha value is -1.93. The molecule has 1 heterocycles. The van der Waals surface area contributed by atoms with E-state index in [2.05, 4.69) is 15.5 Å². The van der Waals surface area contributed by atoms with Crippen LogP contribution in [0.15, 0.2) is 18.2 Å². The maximum Gasteiger partial charge on any atom is 0.414 e. The Morgan fingerprint density at radius 3 is 2.78 bits per heavy atom. The summed E-state index contributed by atoms with van der Waals surface area (Å²) in [5, 5.41) is 11.0. The fourth-order valence-corrected chi connectivity index (χ4v) is 2.27. The molecule has 1 amide bonds. The number of benzene rings is 1. The molecule has 1 N–H and O–H groups in total. The van der Waals surface area contributed by atoms with Crippen LogP contribution in [0, 0.1) is 5.82 Å². The van der Waals surface area contributed by atoms with Gasteiger partial charge in [0, 0.05) is 6.07 Å². The molecular weight excluding hydrogens is 345 g/mol. The zero-order chi connectivity index (χ0) is 17.0. The Balaban J connectivity index is 1.89. The zero-order valence-corrected chi connectivity index (χ0v) is 14.3. The largest absolute Gasteiger partial charge is 0.486 e. The van der Waals surface area contributed by atoms with Gasteiger partial charge in [-0.15, -0.1) is 10.2 Å². The number of ether oxygens (including phenoxy) is 2. The van der Waals surface area contributed by atoms with Gasteiger partial charge in [0.15, 0.2) is 5.01 Å². The molecule has 0 fully saturated rings. The minimum absolute atomic E-state index is 0.0213. The van der Waals surface area contributed by atoms with E-state index in [-0.39, 0.29) is 11.6 Å². The van der Waals surface area contributed by atoms with Gasteiger partial charge in [-0.2, -0.15) is 0 Å². The number of amides is 1. The van der Waals surface area contributed by atoms with Crippen LogP contribution in [-0.4, -0.2) is 21.9 Å². The first-order valence-corrected chi connectivity index (χ1v) is 7.82. The van der Waals surface area contributed by atoms with E-state index in [0.29, 0.717) is 15.9 Å². The number of halogens is 2. The molecule has 0 saturated heterocycles. The lowest BCUT2D eigenvalue weighted by Crippen LogP contribution is -2.27. The van der Waals surface area contributed by atoms with E-state index < -0.39 is 17.5 Å². The standard InChI is InChI=1S/C14H15ClFN3O3S/c1-14(2,3)22-13(20)17-12-19-18-11(23-12)7-21-8-4-5-10(16)9(15)6-8/h4-6H,7H2,1-3H3,(H,17,19,20). The molecule has 0 atom stereocenters. The van der Waals surface area contributed by atoms with E-state index in [1.807, 2.05) is 0 Å². The zero-order valence-electron chi connectivity index (χ0n) is 12.7. The second kappa shape index (κ2) is 7.10. The highest BCUT2D eigenvalue weighted by atomic mass is 35.5. The Morgan fingerprint density at radius 2 is 2.13 bits per heavy atom. The van der Waals surface area contributed by atoms with Crippen LogP contribution < -0.4 is 10.1 Å². The maximum atomic E-state index is 13.0. The highest BCUT2D eigenvalue weighted by molar-refractivity contribution is 7.15. The van der Waals surface area contributed by atoms with Gasteiger partial charge in [-0.1, -0.05) is 22.9 Å². The van der Waals surface area contributed by atoms with Crippen LogP contribution in [0.2, 0.25) is 5.02 Å². The molecule has 1 aromatic heterocycles. The summed E-state index contributed by atoms with van der Waals surface area (Å²) in [7, 11) is 0. The quantitative estimate of drug-likeness (QED) is 0.883. The first-order valence-electron chi connectivity index (χ1n) is 6.63. The van der Waals surface area contributed by atoms with E-state index >= 15 is 0 Å². The highest BCUT2D eigenvalue weighted by Gasteiger charge is 2.17. The minimum atomic E-state index is -0.605. The summed E-state index contributed by atoms with van der Waals surface area (Å²) in [6.07, 6.45) is -0.605. The molecule has 0 spiro atoms. The van der Waals surface area contributed by atoms with Crippen molar-refractivity contribution in [3.63, 3.8) is 0 Å². The van der Waals surface area contributed by atoms with Crippen molar-refractivity contribution < 1.29 is 18.7 Å². The lowest BCUT2D eigenvalue weighted by Gasteiger charge is -2.18. The highest BCUT2D eigenvalue weighted by Crippen LogP contribution is 2.23. The molecule has 0 unspecified atom stereocenters. The van der Waals surface area contributed by atoms with Crippen LogP contribution in [0.1, 0.15) is 25.8 Å². The fourth-order valence-electron chi connectivity index (χ4n) is 1.47. The van der Waals surface area contributed by atoms with Gasteiger partial charge in [0.2, 0.25) is 5.13 Å². The van der Waals surface area contributed by atoms with E-state index in [9.17, 15) is 9.18 Å². The topological polar surface area (TPSA) is 73.3 Å². The molecule has 0 saturated carbocycles. The van der Waals surface area contributed by atoms with Crippen LogP contribution in [0.4, 0.5) is 14.3 Å². The van der Waals surface area contributed by atoms with Gasteiger partial charge in [-0.3, -0.25) is 5.32 Å². The fraction of sp³-hybridized carbons (Fsp3) is 0.357. The molecule has 23 heavy (non-hydrogen) atoms. The van der Waals surface area contributed by atoms with Crippen molar-refractivity contribution in [2.24, 2.45) is 0 Å². The van der Waals surface area contributed by atoms with Crippen molar-refractivity contribution in [2.75, 3.05) is 5.32 Å². The van der Waals surface area contributed by atoms with Crippen molar-refractivity contribution in [1.82, 2.24) is 10.2 Å². The first kappa shape index (κ1) is 17.4. The number of carbonyl (C=O) groups is 1. The summed E-state index contributed by atoms with van der Waals surface area (Å²) in [6, 6.07) is 4.05.